The van der Waals surface area contributed by atoms with E-state index in [-0.39, 0.29) is 0 Å². The molecule has 1 saturated heterocycles. The van der Waals surface area contributed by atoms with Gasteiger partial charge in [0.25, 0.3) is 5.91 Å². The minimum atomic E-state index is -0.487. The maximum absolute atomic E-state index is 11.2. The van der Waals surface area contributed by atoms with Crippen LogP contribution in [0.15, 0.2) is 30.6 Å². The molecular formula is C16H21N5O. The number of nitrogens with two attached hydrogens (primary N) is 1. The van der Waals surface area contributed by atoms with Gasteiger partial charge < -0.3 is 5.73 Å². The number of hydrogen-bond acceptors (Lipinski definition) is 4. The highest BCUT2D eigenvalue weighted by Gasteiger charge is 2.26. The van der Waals surface area contributed by atoms with Crippen molar-refractivity contribution in [2.75, 3.05) is 13.1 Å². The fraction of sp³-hybridized carbons (Fsp3) is 0.438. The van der Waals surface area contributed by atoms with Crippen molar-refractivity contribution in [3.05, 3.63) is 47.5 Å². The minimum Gasteiger partial charge on any atom is -0.364 e. The predicted octanol–water partition coefficient (Wildman–Crippen LogP) is 1.84. The van der Waals surface area contributed by atoms with Gasteiger partial charge in [-0.1, -0.05) is 6.07 Å². The van der Waals surface area contributed by atoms with Crippen LogP contribution < -0.4 is 5.73 Å². The van der Waals surface area contributed by atoms with Gasteiger partial charge in [-0.05, 0) is 44.0 Å². The second-order valence-electron chi connectivity index (χ2n) is 5.87. The fourth-order valence-corrected chi connectivity index (χ4v) is 3.12. The van der Waals surface area contributed by atoms with E-state index in [0.717, 1.165) is 31.6 Å². The third kappa shape index (κ3) is 3.01. The van der Waals surface area contributed by atoms with E-state index in [1.165, 1.54) is 5.56 Å². The van der Waals surface area contributed by atoms with Gasteiger partial charge >= 0.3 is 0 Å². The molecule has 3 rings (SSSR count). The lowest BCUT2D eigenvalue weighted by atomic mass is 9.93. The number of primary amides is 1. The summed E-state index contributed by atoms with van der Waals surface area (Å²) in [4.78, 5) is 17.8. The topological polar surface area (TPSA) is 87.9 Å². The van der Waals surface area contributed by atoms with Gasteiger partial charge in [0.1, 0.15) is 5.69 Å². The monoisotopic (exact) mass is 299 g/mol. The molecular weight excluding hydrogens is 278 g/mol. The van der Waals surface area contributed by atoms with Crippen LogP contribution in [-0.4, -0.2) is 39.1 Å². The first-order valence-corrected chi connectivity index (χ1v) is 7.64. The molecule has 3 N–H and O–H groups in total. The smallest absolute Gasteiger partial charge is 0.269 e. The Hall–Kier alpha value is -2.21. The molecule has 0 spiro atoms. The molecule has 0 bridgehead atoms. The standard InChI is InChI=1S/C16H21N5O/c1-11(12-4-2-6-18-9-12)21-7-3-5-13(10-21)14-8-15(16(17)22)20-19-14/h2,4,6,8-9,11,13H,3,5,7,10H2,1H3,(H2,17,22)(H,19,20)/t11-,13-/m0/s1. The number of pyridine rings is 1. The van der Waals surface area contributed by atoms with Crippen molar-refractivity contribution >= 4 is 5.91 Å². The molecule has 1 aliphatic rings. The van der Waals surface area contributed by atoms with Crippen LogP contribution in [0.1, 0.15) is 53.5 Å². The van der Waals surface area contributed by atoms with Crippen molar-refractivity contribution in [3.63, 3.8) is 0 Å². The number of H-pyrrole nitrogens is 1. The van der Waals surface area contributed by atoms with Crippen LogP contribution in [0.25, 0.3) is 0 Å². The number of rotatable bonds is 4. The summed E-state index contributed by atoms with van der Waals surface area (Å²) < 4.78 is 0. The quantitative estimate of drug-likeness (QED) is 0.901. The molecule has 0 aliphatic carbocycles. The van der Waals surface area contributed by atoms with Crippen LogP contribution in [0.4, 0.5) is 0 Å². The zero-order valence-corrected chi connectivity index (χ0v) is 12.7. The van der Waals surface area contributed by atoms with Crippen LogP contribution in [0.5, 0.6) is 0 Å². The number of likely N-dealkylation sites (tertiary alicyclic amines) is 1. The van der Waals surface area contributed by atoms with Gasteiger partial charge in [0, 0.05) is 36.6 Å². The summed E-state index contributed by atoms with van der Waals surface area (Å²) in [6.07, 6.45) is 5.94. The van der Waals surface area contributed by atoms with Crippen LogP contribution in [0.3, 0.4) is 0 Å². The first-order chi connectivity index (χ1) is 10.6. The second-order valence-corrected chi connectivity index (χ2v) is 5.87. The Bertz CT molecular complexity index is 639. The van der Waals surface area contributed by atoms with E-state index >= 15 is 0 Å². The number of carbonyl (C=O) groups excluding carboxylic acids is 1. The molecule has 2 aromatic heterocycles. The molecule has 1 fully saturated rings. The number of carbonyl (C=O) groups is 1. The summed E-state index contributed by atoms with van der Waals surface area (Å²) in [6.45, 7) is 4.22. The molecule has 1 aliphatic heterocycles. The normalized spacial score (nSPS) is 20.7. The zero-order chi connectivity index (χ0) is 15.5. The molecule has 116 valence electrons. The lowest BCUT2D eigenvalue weighted by Gasteiger charge is -2.36. The molecule has 1 amide bonds. The number of aromatic nitrogens is 3. The molecule has 22 heavy (non-hydrogen) atoms. The van der Waals surface area contributed by atoms with Crippen molar-refractivity contribution in [1.29, 1.82) is 0 Å². The summed E-state index contributed by atoms with van der Waals surface area (Å²) >= 11 is 0. The highest BCUT2D eigenvalue weighted by Crippen LogP contribution is 2.31. The van der Waals surface area contributed by atoms with Crippen molar-refractivity contribution in [2.24, 2.45) is 5.73 Å². The largest absolute Gasteiger partial charge is 0.364 e. The number of piperidine rings is 1. The molecule has 3 heterocycles. The van der Waals surface area contributed by atoms with E-state index in [9.17, 15) is 4.79 Å². The Morgan fingerprint density at radius 3 is 3.09 bits per heavy atom. The molecule has 6 heteroatoms. The molecule has 0 radical (unpaired) electrons. The predicted molar refractivity (Wildman–Crippen MR) is 83.3 cm³/mol. The number of amides is 1. The third-order valence-corrected chi connectivity index (χ3v) is 4.46. The van der Waals surface area contributed by atoms with E-state index in [0.29, 0.717) is 17.7 Å². The molecule has 6 nitrogen and oxygen atoms in total. The van der Waals surface area contributed by atoms with Crippen molar-refractivity contribution < 1.29 is 4.79 Å². The first kappa shape index (κ1) is 14.7. The van der Waals surface area contributed by atoms with E-state index in [1.54, 1.807) is 12.3 Å². The van der Waals surface area contributed by atoms with Crippen LogP contribution in [0, 0.1) is 0 Å². The SMILES string of the molecule is C[C@@H](c1cccnc1)N1CCC[C@H](c2cc(C(N)=O)n[nH]2)C1. The first-order valence-electron chi connectivity index (χ1n) is 7.64. The maximum atomic E-state index is 11.2. The zero-order valence-electron chi connectivity index (χ0n) is 12.7. The summed E-state index contributed by atoms with van der Waals surface area (Å²) in [6, 6.07) is 6.20. The molecule has 2 aromatic rings. The van der Waals surface area contributed by atoms with Crippen molar-refractivity contribution in [2.45, 2.75) is 31.7 Å². The number of nitrogens with one attached hydrogen (secondary N) is 1. The van der Waals surface area contributed by atoms with Gasteiger partial charge in [0.15, 0.2) is 0 Å². The van der Waals surface area contributed by atoms with E-state index in [1.807, 2.05) is 12.3 Å². The molecule has 0 unspecified atom stereocenters. The van der Waals surface area contributed by atoms with Crippen LogP contribution in [-0.2, 0) is 0 Å². The van der Waals surface area contributed by atoms with Gasteiger partial charge in [-0.3, -0.25) is 19.8 Å². The van der Waals surface area contributed by atoms with Gasteiger partial charge in [-0.25, -0.2) is 0 Å². The van der Waals surface area contributed by atoms with Crippen LogP contribution >= 0.6 is 0 Å². The van der Waals surface area contributed by atoms with Gasteiger partial charge in [0.05, 0.1) is 0 Å². The summed E-state index contributed by atoms with van der Waals surface area (Å²) in [5, 5.41) is 6.96. The molecule has 0 aromatic carbocycles. The number of nitrogens with zero attached hydrogens (tertiary/aromatic N) is 3. The summed E-state index contributed by atoms with van der Waals surface area (Å²) in [5.74, 6) is -0.132. The lowest BCUT2D eigenvalue weighted by molar-refractivity contribution is 0.0995. The lowest BCUT2D eigenvalue weighted by Crippen LogP contribution is -2.36. The Labute approximate surface area is 129 Å². The Balaban J connectivity index is 1.72. The minimum absolute atomic E-state index is 0.312. The Kier molecular flexibility index (Phi) is 4.20. The molecule has 0 saturated carbocycles. The number of hydrogen-bond donors (Lipinski definition) is 2. The van der Waals surface area contributed by atoms with E-state index in [2.05, 4.69) is 33.1 Å². The fourth-order valence-electron chi connectivity index (χ4n) is 3.12. The van der Waals surface area contributed by atoms with Crippen LogP contribution in [0.2, 0.25) is 0 Å². The highest BCUT2D eigenvalue weighted by molar-refractivity contribution is 5.90. The average Bonchev–Trinajstić information content (AvgIpc) is 3.05. The van der Waals surface area contributed by atoms with Crippen molar-refractivity contribution in [1.82, 2.24) is 20.1 Å². The highest BCUT2D eigenvalue weighted by atomic mass is 16.1. The van der Waals surface area contributed by atoms with E-state index < -0.39 is 5.91 Å². The number of aromatic amines is 1. The summed E-state index contributed by atoms with van der Waals surface area (Å²) in [5.41, 5.74) is 7.81. The summed E-state index contributed by atoms with van der Waals surface area (Å²) in [7, 11) is 0. The second kappa shape index (κ2) is 6.27. The van der Waals surface area contributed by atoms with Gasteiger partial charge in [-0.15, -0.1) is 0 Å². The average molecular weight is 299 g/mol. The Morgan fingerprint density at radius 2 is 2.41 bits per heavy atom. The molecule has 2 atom stereocenters. The van der Waals surface area contributed by atoms with Crippen molar-refractivity contribution in [3.8, 4) is 0 Å². The third-order valence-electron chi connectivity index (χ3n) is 4.46. The Morgan fingerprint density at radius 1 is 1.55 bits per heavy atom. The van der Waals surface area contributed by atoms with Gasteiger partial charge in [0.2, 0.25) is 0 Å². The maximum Gasteiger partial charge on any atom is 0.269 e. The van der Waals surface area contributed by atoms with E-state index in [4.69, 9.17) is 5.73 Å². The van der Waals surface area contributed by atoms with Gasteiger partial charge in [-0.2, -0.15) is 5.10 Å².